The Balaban J connectivity index is 1.66. The molecule has 0 bridgehead atoms. The first-order valence-corrected chi connectivity index (χ1v) is 8.46. The zero-order valence-electron chi connectivity index (χ0n) is 14.1. The van der Waals surface area contributed by atoms with Gasteiger partial charge >= 0.3 is 0 Å². The predicted molar refractivity (Wildman–Crippen MR) is 91.9 cm³/mol. The van der Waals surface area contributed by atoms with Crippen molar-refractivity contribution in [3.05, 3.63) is 12.7 Å². The Bertz CT molecular complexity index is 740. The number of aromatic amines is 1. The van der Waals surface area contributed by atoms with Crippen molar-refractivity contribution in [2.45, 2.75) is 43.7 Å². The Morgan fingerprint density at radius 3 is 3.04 bits per heavy atom. The van der Waals surface area contributed by atoms with E-state index in [2.05, 4.69) is 30.6 Å². The summed E-state index contributed by atoms with van der Waals surface area (Å²) in [4.78, 5) is 27.0. The molecule has 0 aliphatic carbocycles. The number of imidazole rings is 1. The average Bonchev–Trinajstić information content (AvgIpc) is 3.12. The molecule has 3 rings (SSSR count). The van der Waals surface area contributed by atoms with Crippen molar-refractivity contribution in [2.24, 2.45) is 5.73 Å². The number of carbonyl (C=O) groups excluding carboxylic acids is 1. The second-order valence-corrected chi connectivity index (χ2v) is 6.11. The summed E-state index contributed by atoms with van der Waals surface area (Å²) in [5.41, 5.74) is 6.47. The van der Waals surface area contributed by atoms with Crippen LogP contribution in [0.25, 0.3) is 11.2 Å². The fourth-order valence-corrected chi connectivity index (χ4v) is 2.91. The number of aromatic nitrogens is 4. The zero-order chi connectivity index (χ0) is 18.5. The molecule has 11 heteroatoms. The summed E-state index contributed by atoms with van der Waals surface area (Å²) >= 11 is 0. The molecular formula is C15H23N7O4. The van der Waals surface area contributed by atoms with Gasteiger partial charge in [-0.25, -0.2) is 15.0 Å². The van der Waals surface area contributed by atoms with Crippen LogP contribution in [0.3, 0.4) is 0 Å². The Labute approximate surface area is 149 Å². The maximum absolute atomic E-state index is 11.9. The number of rotatable bonds is 7. The van der Waals surface area contributed by atoms with Gasteiger partial charge in [0.25, 0.3) is 0 Å². The molecule has 26 heavy (non-hydrogen) atoms. The summed E-state index contributed by atoms with van der Waals surface area (Å²) in [5, 5.41) is 25.8. The molecule has 11 nitrogen and oxygen atoms in total. The third-order valence-corrected chi connectivity index (χ3v) is 4.25. The number of anilines is 1. The molecule has 3 heterocycles. The lowest BCUT2D eigenvalue weighted by Crippen LogP contribution is -2.57. The molecule has 0 spiro atoms. The van der Waals surface area contributed by atoms with Gasteiger partial charge in [-0.3, -0.25) is 4.79 Å². The van der Waals surface area contributed by atoms with Gasteiger partial charge in [-0.2, -0.15) is 0 Å². The quantitative estimate of drug-likeness (QED) is 0.340. The molecule has 0 aromatic carbocycles. The number of nitrogens with one attached hydrogen (secondary N) is 3. The number of fused-ring (bicyclic) bond motifs is 1. The highest BCUT2D eigenvalue weighted by Crippen LogP contribution is 2.24. The van der Waals surface area contributed by atoms with Gasteiger partial charge in [0, 0.05) is 12.8 Å². The first-order valence-electron chi connectivity index (χ1n) is 8.46. The van der Waals surface area contributed by atoms with Crippen LogP contribution in [0.1, 0.15) is 19.3 Å². The lowest BCUT2D eigenvalue weighted by molar-refractivity contribution is -0.142. The fraction of sp³-hybridized carbons (Fsp3) is 0.600. The van der Waals surface area contributed by atoms with Crippen molar-refractivity contribution in [3.8, 4) is 0 Å². The topological polar surface area (TPSA) is 171 Å². The summed E-state index contributed by atoms with van der Waals surface area (Å²) in [5.74, 6) is 0.245. The van der Waals surface area contributed by atoms with E-state index in [1.807, 2.05) is 0 Å². The molecule has 7 N–H and O–H groups in total. The number of hydrogen-bond donors (Lipinski definition) is 6. The number of nitrogens with two attached hydrogens (primary N) is 1. The Morgan fingerprint density at radius 1 is 1.42 bits per heavy atom. The minimum atomic E-state index is -0.912. The van der Waals surface area contributed by atoms with Crippen molar-refractivity contribution in [1.29, 1.82) is 0 Å². The molecule has 0 radical (unpaired) electrons. The molecule has 142 valence electrons. The molecule has 1 saturated heterocycles. The molecule has 0 saturated carbocycles. The standard InChI is InChI=1S/C15H23N7O4/c16-3-1-2-11(25)21-8-4-9(24)15(26-10(8)5-23)22-14-12-13(18-6-17-12)19-7-20-14/h6-10,15,23-24H,1-5,16H2,(H,21,25)(H2,17,18,19,20,22)/t8-,9+,10+,15+/m1/s1. The number of hydrogen-bond acceptors (Lipinski definition) is 9. The van der Waals surface area contributed by atoms with E-state index in [1.165, 1.54) is 12.7 Å². The summed E-state index contributed by atoms with van der Waals surface area (Å²) in [7, 11) is 0. The summed E-state index contributed by atoms with van der Waals surface area (Å²) < 4.78 is 5.75. The van der Waals surface area contributed by atoms with Crippen LogP contribution >= 0.6 is 0 Å². The van der Waals surface area contributed by atoms with Crippen LogP contribution in [-0.2, 0) is 9.53 Å². The van der Waals surface area contributed by atoms with Gasteiger partial charge < -0.3 is 36.3 Å². The second-order valence-electron chi connectivity index (χ2n) is 6.11. The van der Waals surface area contributed by atoms with Crippen LogP contribution in [0.2, 0.25) is 0 Å². The molecule has 2 aromatic rings. The smallest absolute Gasteiger partial charge is 0.220 e. The lowest BCUT2D eigenvalue weighted by atomic mass is 9.98. The number of aliphatic hydroxyl groups excluding tert-OH is 2. The van der Waals surface area contributed by atoms with Crippen LogP contribution in [-0.4, -0.2) is 73.7 Å². The van der Waals surface area contributed by atoms with Crippen molar-refractivity contribution in [1.82, 2.24) is 25.3 Å². The van der Waals surface area contributed by atoms with Gasteiger partial charge in [-0.05, 0) is 13.0 Å². The van der Waals surface area contributed by atoms with E-state index in [1.54, 1.807) is 0 Å². The predicted octanol–water partition coefficient (Wildman–Crippen LogP) is -1.54. The van der Waals surface area contributed by atoms with Crippen LogP contribution in [0.5, 0.6) is 0 Å². The van der Waals surface area contributed by atoms with Gasteiger partial charge in [-0.15, -0.1) is 0 Å². The van der Waals surface area contributed by atoms with Gasteiger partial charge in [-0.1, -0.05) is 0 Å². The first kappa shape index (κ1) is 18.5. The largest absolute Gasteiger partial charge is 0.394 e. The number of ether oxygens (including phenoxy) is 1. The molecule has 1 aliphatic rings. The minimum Gasteiger partial charge on any atom is -0.394 e. The number of aliphatic hydroxyl groups is 2. The van der Waals surface area contributed by atoms with E-state index in [0.29, 0.717) is 36.4 Å². The highest BCUT2D eigenvalue weighted by molar-refractivity contribution is 5.82. The van der Waals surface area contributed by atoms with Gasteiger partial charge in [0.1, 0.15) is 24.1 Å². The van der Waals surface area contributed by atoms with Crippen molar-refractivity contribution < 1.29 is 19.7 Å². The van der Waals surface area contributed by atoms with Crippen molar-refractivity contribution in [2.75, 3.05) is 18.5 Å². The zero-order valence-corrected chi connectivity index (χ0v) is 14.1. The Kier molecular flexibility index (Phi) is 5.93. The molecule has 0 unspecified atom stereocenters. The van der Waals surface area contributed by atoms with Gasteiger partial charge in [0.15, 0.2) is 17.7 Å². The Hall–Kier alpha value is -2.34. The number of H-pyrrole nitrogens is 1. The molecule has 1 amide bonds. The molecule has 1 aliphatic heterocycles. The number of nitrogens with zero attached hydrogens (tertiary/aromatic N) is 3. The minimum absolute atomic E-state index is 0.184. The third kappa shape index (κ3) is 4.07. The van der Waals surface area contributed by atoms with E-state index >= 15 is 0 Å². The highest BCUT2D eigenvalue weighted by atomic mass is 16.5. The number of carbonyl (C=O) groups is 1. The van der Waals surface area contributed by atoms with E-state index in [9.17, 15) is 15.0 Å². The van der Waals surface area contributed by atoms with Crippen LogP contribution in [0, 0.1) is 0 Å². The summed E-state index contributed by atoms with van der Waals surface area (Å²) in [6.45, 7) is 0.129. The SMILES string of the molecule is NCCCC(=O)N[C@@H]1C[C@H](O)[C@@H](Nc2ncnc3nc[nH]c23)O[C@H]1CO. The average molecular weight is 365 g/mol. The monoisotopic (exact) mass is 365 g/mol. The van der Waals surface area contributed by atoms with Crippen molar-refractivity contribution >= 4 is 22.9 Å². The van der Waals surface area contributed by atoms with E-state index in [-0.39, 0.29) is 18.9 Å². The highest BCUT2D eigenvalue weighted by Gasteiger charge is 2.38. The molecular weight excluding hydrogens is 342 g/mol. The van der Waals surface area contributed by atoms with Crippen LogP contribution in [0.15, 0.2) is 12.7 Å². The maximum atomic E-state index is 11.9. The third-order valence-electron chi connectivity index (χ3n) is 4.25. The van der Waals surface area contributed by atoms with Crippen molar-refractivity contribution in [3.63, 3.8) is 0 Å². The summed E-state index contributed by atoms with van der Waals surface area (Å²) in [6.07, 6.45) is 1.57. The molecule has 2 aromatic heterocycles. The Morgan fingerprint density at radius 2 is 2.27 bits per heavy atom. The normalized spacial score (nSPS) is 26.0. The second kappa shape index (κ2) is 8.36. The fourth-order valence-electron chi connectivity index (χ4n) is 2.91. The van der Waals surface area contributed by atoms with Gasteiger partial charge in [0.2, 0.25) is 5.91 Å². The maximum Gasteiger partial charge on any atom is 0.220 e. The van der Waals surface area contributed by atoms with E-state index in [4.69, 9.17) is 10.5 Å². The van der Waals surface area contributed by atoms with Crippen LogP contribution in [0.4, 0.5) is 5.82 Å². The van der Waals surface area contributed by atoms with E-state index < -0.39 is 24.5 Å². The van der Waals surface area contributed by atoms with Gasteiger partial charge in [0.05, 0.1) is 19.0 Å². The molecule has 4 atom stereocenters. The number of amides is 1. The summed E-state index contributed by atoms with van der Waals surface area (Å²) in [6, 6.07) is -0.490. The van der Waals surface area contributed by atoms with Crippen LogP contribution < -0.4 is 16.4 Å². The lowest BCUT2D eigenvalue weighted by Gasteiger charge is -2.39. The van der Waals surface area contributed by atoms with E-state index in [0.717, 1.165) is 0 Å². The first-order chi connectivity index (χ1) is 12.6. The molecule has 1 fully saturated rings.